The van der Waals surface area contributed by atoms with Crippen molar-refractivity contribution in [2.75, 3.05) is 51.9 Å². The molecule has 2 heterocycles. The van der Waals surface area contributed by atoms with E-state index in [-0.39, 0.29) is 29.5 Å². The van der Waals surface area contributed by atoms with Crippen molar-refractivity contribution in [3.63, 3.8) is 0 Å². The predicted octanol–water partition coefficient (Wildman–Crippen LogP) is 2.10. The summed E-state index contributed by atoms with van der Waals surface area (Å²) in [6, 6.07) is 6.01. The Morgan fingerprint density at radius 2 is 1.42 bits per heavy atom. The largest absolute Gasteiger partial charge is 0.356 e. The van der Waals surface area contributed by atoms with Crippen LogP contribution in [0.4, 0.5) is 0 Å². The lowest BCUT2D eigenvalue weighted by Crippen LogP contribution is -2.39. The molecule has 0 aromatic heterocycles. The van der Waals surface area contributed by atoms with Crippen LogP contribution >= 0.6 is 11.6 Å². The molecule has 1 aliphatic carbocycles. The fourth-order valence-electron chi connectivity index (χ4n) is 5.09. The number of carbonyl (C=O) groups is 3. The monoisotopic (exact) mass is 551 g/mol. The summed E-state index contributed by atoms with van der Waals surface area (Å²) < 4.78 is 22.8. The van der Waals surface area contributed by atoms with Crippen LogP contribution in [0.5, 0.6) is 0 Å². The molecule has 0 spiro atoms. The first-order valence-corrected chi connectivity index (χ1v) is 14.0. The van der Waals surface area contributed by atoms with Gasteiger partial charge in [-0.25, -0.2) is 0 Å². The predicted molar refractivity (Wildman–Crippen MR) is 139 cm³/mol. The lowest BCUT2D eigenvalue weighted by Gasteiger charge is -2.28. The highest BCUT2D eigenvalue weighted by Gasteiger charge is 2.29. The maximum atomic E-state index is 12.6. The number of aryl methyl sites for hydroxylation is 1. The molecule has 11 heteroatoms. The van der Waals surface area contributed by atoms with Crippen molar-refractivity contribution in [1.82, 2.24) is 16.0 Å². The van der Waals surface area contributed by atoms with Gasteiger partial charge in [0.05, 0.1) is 26.4 Å². The molecule has 2 aliphatic heterocycles. The Morgan fingerprint density at radius 1 is 0.789 bits per heavy atom. The second-order valence-electron chi connectivity index (χ2n) is 9.91. The number of hydrogen-bond acceptors (Lipinski definition) is 7. The minimum absolute atomic E-state index is 0.0179. The molecule has 38 heavy (non-hydrogen) atoms. The van der Waals surface area contributed by atoms with Crippen LogP contribution in [0.25, 0.3) is 0 Å². The highest BCUT2D eigenvalue weighted by atomic mass is 35.5. The molecule has 0 atom stereocenters. The zero-order valence-corrected chi connectivity index (χ0v) is 22.4. The van der Waals surface area contributed by atoms with E-state index in [4.69, 9.17) is 30.5 Å². The van der Waals surface area contributed by atoms with Crippen LogP contribution in [0, 0.1) is 11.8 Å². The summed E-state index contributed by atoms with van der Waals surface area (Å²) >= 11 is 5.43. The van der Waals surface area contributed by atoms with Crippen LogP contribution in [0.3, 0.4) is 0 Å². The second kappa shape index (κ2) is 14.8. The topological polar surface area (TPSA) is 124 Å². The Hall–Kier alpha value is -2.24. The first-order valence-electron chi connectivity index (χ1n) is 13.5. The Bertz CT molecular complexity index is 943. The maximum Gasteiger partial charge on any atom is 0.234 e. The first kappa shape index (κ1) is 28.8. The van der Waals surface area contributed by atoms with Crippen molar-refractivity contribution in [1.29, 1.82) is 0 Å². The number of rotatable bonds is 12. The maximum absolute atomic E-state index is 12.6. The fourth-order valence-corrected chi connectivity index (χ4v) is 5.18. The third kappa shape index (κ3) is 8.38. The Kier molecular flexibility index (Phi) is 11.2. The van der Waals surface area contributed by atoms with Crippen molar-refractivity contribution in [2.45, 2.75) is 51.1 Å². The van der Waals surface area contributed by atoms with Crippen LogP contribution in [0.2, 0.25) is 0 Å². The van der Waals surface area contributed by atoms with Crippen LogP contribution in [0.15, 0.2) is 18.2 Å². The lowest BCUT2D eigenvalue weighted by molar-refractivity contribution is -0.126. The molecule has 1 aromatic rings. The molecule has 210 valence electrons. The van der Waals surface area contributed by atoms with E-state index in [0.29, 0.717) is 64.8 Å². The van der Waals surface area contributed by atoms with Gasteiger partial charge in [0.2, 0.25) is 17.7 Å². The summed E-state index contributed by atoms with van der Waals surface area (Å²) in [4.78, 5) is 36.1. The summed E-state index contributed by atoms with van der Waals surface area (Å²) in [6.07, 6.45) is 3.54. The SMILES string of the molecule is O=C(CCl)NCCNC(=O)[C@H]1CC[C@H](CNC(=O)CCc2ccc(C3OCCO3)c(C3OCCO3)c2)CC1. The molecule has 3 aliphatic rings. The van der Waals surface area contributed by atoms with Gasteiger partial charge in [-0.15, -0.1) is 11.6 Å². The molecule has 3 fully saturated rings. The molecule has 0 unspecified atom stereocenters. The number of alkyl halides is 1. The van der Waals surface area contributed by atoms with E-state index in [1.54, 1.807) is 0 Å². The van der Waals surface area contributed by atoms with Gasteiger partial charge in [0.25, 0.3) is 0 Å². The average Bonchev–Trinajstić information content (AvgIpc) is 3.68. The molecular weight excluding hydrogens is 514 g/mol. The summed E-state index contributed by atoms with van der Waals surface area (Å²) in [5.41, 5.74) is 2.84. The zero-order valence-electron chi connectivity index (χ0n) is 21.7. The van der Waals surface area contributed by atoms with E-state index in [1.165, 1.54) is 0 Å². The third-order valence-corrected chi connectivity index (χ3v) is 7.46. The van der Waals surface area contributed by atoms with Gasteiger partial charge in [-0.3, -0.25) is 14.4 Å². The van der Waals surface area contributed by atoms with Crippen molar-refractivity contribution < 1.29 is 33.3 Å². The van der Waals surface area contributed by atoms with Gasteiger partial charge in [0.1, 0.15) is 5.88 Å². The molecule has 10 nitrogen and oxygen atoms in total. The molecule has 3 N–H and O–H groups in total. The van der Waals surface area contributed by atoms with Crippen molar-refractivity contribution in [3.05, 3.63) is 34.9 Å². The highest BCUT2D eigenvalue weighted by Crippen LogP contribution is 2.34. The summed E-state index contributed by atoms with van der Waals surface area (Å²) in [5.74, 6) is 0.0715. The molecule has 0 radical (unpaired) electrons. The van der Waals surface area contributed by atoms with E-state index in [2.05, 4.69) is 16.0 Å². The Labute approximate surface area is 228 Å². The van der Waals surface area contributed by atoms with Gasteiger partial charge < -0.3 is 34.9 Å². The van der Waals surface area contributed by atoms with E-state index >= 15 is 0 Å². The van der Waals surface area contributed by atoms with Crippen LogP contribution in [-0.2, 0) is 39.8 Å². The van der Waals surface area contributed by atoms with Gasteiger partial charge in [-0.05, 0) is 43.6 Å². The van der Waals surface area contributed by atoms with Gasteiger partial charge in [0.15, 0.2) is 12.6 Å². The number of carbonyl (C=O) groups excluding carboxylic acids is 3. The van der Waals surface area contributed by atoms with Crippen molar-refractivity contribution >= 4 is 29.3 Å². The van der Waals surface area contributed by atoms with Crippen LogP contribution in [0.1, 0.15) is 61.4 Å². The minimum atomic E-state index is -0.444. The number of ether oxygens (including phenoxy) is 4. The average molecular weight is 552 g/mol. The van der Waals surface area contributed by atoms with Crippen LogP contribution in [-0.4, -0.2) is 69.7 Å². The summed E-state index contributed by atoms with van der Waals surface area (Å²) in [6.45, 7) is 3.60. The normalized spacial score (nSPS) is 22.3. The molecule has 0 bridgehead atoms. The Balaban J connectivity index is 1.16. The minimum Gasteiger partial charge on any atom is -0.356 e. The van der Waals surface area contributed by atoms with E-state index in [9.17, 15) is 14.4 Å². The number of halogens is 1. The second-order valence-corrected chi connectivity index (χ2v) is 10.2. The van der Waals surface area contributed by atoms with Crippen LogP contribution < -0.4 is 16.0 Å². The van der Waals surface area contributed by atoms with Gasteiger partial charge in [-0.2, -0.15) is 0 Å². The molecule has 2 saturated heterocycles. The quantitative estimate of drug-likeness (QED) is 0.268. The molecule has 1 saturated carbocycles. The summed E-state index contributed by atoms with van der Waals surface area (Å²) in [7, 11) is 0. The molecule has 3 amide bonds. The molecular formula is C27H38ClN3O7. The number of benzene rings is 1. The highest BCUT2D eigenvalue weighted by molar-refractivity contribution is 6.27. The lowest BCUT2D eigenvalue weighted by atomic mass is 9.81. The first-order chi connectivity index (χ1) is 18.5. The van der Waals surface area contributed by atoms with E-state index < -0.39 is 12.6 Å². The zero-order chi connectivity index (χ0) is 26.7. The Morgan fingerprint density at radius 3 is 2.08 bits per heavy atom. The van der Waals surface area contributed by atoms with E-state index in [0.717, 1.165) is 42.4 Å². The number of nitrogens with one attached hydrogen (secondary N) is 3. The van der Waals surface area contributed by atoms with Crippen molar-refractivity contribution in [2.24, 2.45) is 11.8 Å². The molecule has 4 rings (SSSR count). The third-order valence-electron chi connectivity index (χ3n) is 7.22. The van der Waals surface area contributed by atoms with Gasteiger partial charge in [-0.1, -0.05) is 18.2 Å². The fraction of sp³-hybridized carbons (Fsp3) is 0.667. The van der Waals surface area contributed by atoms with Gasteiger partial charge >= 0.3 is 0 Å². The van der Waals surface area contributed by atoms with Crippen molar-refractivity contribution in [3.8, 4) is 0 Å². The van der Waals surface area contributed by atoms with Gasteiger partial charge in [0, 0.05) is 43.1 Å². The smallest absolute Gasteiger partial charge is 0.234 e. The van der Waals surface area contributed by atoms with E-state index in [1.807, 2.05) is 18.2 Å². The number of amides is 3. The summed E-state index contributed by atoms with van der Waals surface area (Å²) in [5, 5.41) is 8.57. The molecule has 1 aromatic carbocycles. The number of hydrogen-bond donors (Lipinski definition) is 3. The standard InChI is InChI=1S/C27H38ClN3O7/c28-16-24(33)29-9-10-30-25(34)20-5-1-19(2-6-20)17-31-23(32)8-4-18-3-7-21(26-35-11-12-36-26)22(15-18)27-37-13-14-38-27/h3,7,15,19-20,26-27H,1-2,4-6,8-14,16-17H2,(H,29,33)(H,30,34)(H,31,32)/t19-,20-.